The topological polar surface area (TPSA) is 178 Å². The Labute approximate surface area is 339 Å². The molecular weight excluding hydrogens is 629 g/mol. The molecule has 0 saturated carbocycles. The van der Waals surface area contributed by atoms with Crippen molar-refractivity contribution >= 4 is 57.2 Å². The number of rotatable bonds is 8. The summed E-state index contributed by atoms with van der Waals surface area (Å²) in [6, 6.07) is 5.63. The van der Waals surface area contributed by atoms with Gasteiger partial charge in [0.2, 0.25) is 0 Å². The summed E-state index contributed by atoms with van der Waals surface area (Å²) >= 11 is 0. The maximum atomic E-state index is 12.5. The van der Waals surface area contributed by atoms with Crippen molar-refractivity contribution in [1.82, 2.24) is 19.9 Å². The molecule has 2 aliphatic heterocycles. The molecule has 2 atom stereocenters. The molecule has 5 rings (SSSR count). The van der Waals surface area contributed by atoms with Crippen LogP contribution in [0.5, 0.6) is 0 Å². The van der Waals surface area contributed by atoms with Gasteiger partial charge < -0.3 is 39.7 Å². The van der Waals surface area contributed by atoms with Gasteiger partial charge in [0.25, 0.3) is 0 Å². The van der Waals surface area contributed by atoms with Crippen molar-refractivity contribution in [2.24, 2.45) is 0 Å². The number of allylic oxidation sites excluding steroid dienone is 1. The van der Waals surface area contributed by atoms with Crippen molar-refractivity contribution in [3.05, 3.63) is 75.4 Å². The Morgan fingerprint density at radius 3 is 2.09 bits per heavy atom. The van der Waals surface area contributed by atoms with E-state index in [0.717, 1.165) is 44.3 Å². The zero-order chi connectivity index (χ0) is 32.0. The summed E-state index contributed by atoms with van der Waals surface area (Å²) in [5, 5.41) is 36.2. The molecule has 0 unspecified atom stereocenters. The number of carboxylic acids is 3. The smallest absolute Gasteiger partial charge is 0.550 e. The first kappa shape index (κ1) is 41.2. The molecular formula is C34H33N4Na3O6. The molecule has 3 aromatic heterocycles. The molecule has 2 N–H and O–H groups in total. The van der Waals surface area contributed by atoms with Gasteiger partial charge in [-0.15, -0.1) is 0 Å². The van der Waals surface area contributed by atoms with E-state index in [2.05, 4.69) is 21.5 Å². The molecule has 10 nitrogen and oxygen atoms in total. The summed E-state index contributed by atoms with van der Waals surface area (Å²) in [5.41, 5.74) is 8.29. The molecule has 0 spiro atoms. The Hall–Kier alpha value is -1.99. The number of nitrogens with zero attached hydrogens (tertiary/aromatic N) is 2. The van der Waals surface area contributed by atoms with Gasteiger partial charge >= 0.3 is 88.7 Å². The van der Waals surface area contributed by atoms with E-state index in [-0.39, 0.29) is 130 Å². The van der Waals surface area contributed by atoms with E-state index < -0.39 is 30.2 Å². The fourth-order valence-corrected chi connectivity index (χ4v) is 6.50. The summed E-state index contributed by atoms with van der Waals surface area (Å²) in [5.74, 6) is -5.11. The zero-order valence-corrected chi connectivity index (χ0v) is 34.3. The van der Waals surface area contributed by atoms with Crippen LogP contribution in [0.2, 0.25) is 0 Å². The van der Waals surface area contributed by atoms with Crippen LogP contribution in [0, 0.1) is 13.8 Å². The van der Waals surface area contributed by atoms with Crippen LogP contribution >= 0.6 is 0 Å². The first-order chi connectivity index (χ1) is 20.9. The van der Waals surface area contributed by atoms with E-state index in [9.17, 15) is 29.7 Å². The third-order valence-electron chi connectivity index (χ3n) is 8.92. The number of aromatic nitrogens is 4. The molecule has 5 heterocycles. The molecule has 0 saturated heterocycles. The summed E-state index contributed by atoms with van der Waals surface area (Å²) in [7, 11) is 0. The fraction of sp³-hybridized carbons (Fsp3) is 0.324. The van der Waals surface area contributed by atoms with Gasteiger partial charge in [0.15, 0.2) is 0 Å². The Morgan fingerprint density at radius 1 is 0.872 bits per heavy atom. The second-order valence-electron chi connectivity index (χ2n) is 11.4. The predicted molar refractivity (Wildman–Crippen MR) is 162 cm³/mol. The number of aryl methyl sites for hydroxylation is 3. The maximum Gasteiger partial charge on any atom is 1.00 e. The first-order valence-electron chi connectivity index (χ1n) is 14.6. The van der Waals surface area contributed by atoms with Gasteiger partial charge in [-0.05, 0) is 80.5 Å². The molecule has 47 heavy (non-hydrogen) atoms. The number of fused-ring (bicyclic) bond motifs is 8. The number of nitrogens with one attached hydrogen (secondary N) is 2. The molecule has 8 bridgehead atoms. The molecule has 0 radical (unpaired) electrons. The van der Waals surface area contributed by atoms with Crippen molar-refractivity contribution in [3.63, 3.8) is 0 Å². The normalized spacial score (nSPS) is 15.3. The number of hydrogen-bond donors (Lipinski definition) is 2. The van der Waals surface area contributed by atoms with Gasteiger partial charge in [-0.3, -0.25) is 4.98 Å². The standard InChI is InChI=1S/C34H36N4O6.3Na/c1-7-19-15(3)23-12-25-17(5)21(9-10-29(39)40)32(37-25)22(11-30(41)42)33-31(34(43)44)18(6)26(38-33)14-28-20(8-2)16(4)24(36-28)13-27(19)35-23;;;/h7,12-14,17,21,35-36H,1,8-11H2,2-6H3,(H,39,40)(H,41,42)(H,43,44);;;/q;3*+1/p-3/t17-,21-;;;/m0.../s1. The minimum absolute atomic E-state index is 0. The summed E-state index contributed by atoms with van der Waals surface area (Å²) in [4.78, 5) is 52.6. The van der Waals surface area contributed by atoms with E-state index in [1.807, 2.05) is 39.8 Å². The second-order valence-corrected chi connectivity index (χ2v) is 11.4. The van der Waals surface area contributed by atoms with Crippen LogP contribution in [0.4, 0.5) is 0 Å². The number of carboxylic acid groups (broad SMARTS) is 3. The van der Waals surface area contributed by atoms with E-state index in [4.69, 9.17) is 4.98 Å². The number of aromatic amines is 2. The van der Waals surface area contributed by atoms with Gasteiger partial charge in [-0.2, -0.15) is 0 Å². The molecule has 2 aliphatic rings. The van der Waals surface area contributed by atoms with Gasteiger partial charge in [-0.1, -0.05) is 26.5 Å². The van der Waals surface area contributed by atoms with Gasteiger partial charge in [0, 0.05) is 74.7 Å². The monoisotopic (exact) mass is 662 g/mol. The van der Waals surface area contributed by atoms with E-state index in [1.165, 1.54) is 0 Å². The second kappa shape index (κ2) is 16.6. The van der Waals surface area contributed by atoms with Crippen molar-refractivity contribution in [3.8, 4) is 0 Å². The van der Waals surface area contributed by atoms with Crippen molar-refractivity contribution < 1.29 is 118 Å². The van der Waals surface area contributed by atoms with Gasteiger partial charge in [0.1, 0.15) is 0 Å². The summed E-state index contributed by atoms with van der Waals surface area (Å²) < 4.78 is 0. The third-order valence-corrected chi connectivity index (χ3v) is 8.92. The van der Waals surface area contributed by atoms with Crippen LogP contribution in [-0.2, 0) is 27.2 Å². The van der Waals surface area contributed by atoms with E-state index >= 15 is 0 Å². The Kier molecular flexibility index (Phi) is 14.6. The fourth-order valence-electron chi connectivity index (χ4n) is 6.50. The van der Waals surface area contributed by atoms with Crippen LogP contribution in [0.15, 0.2) is 24.8 Å². The number of aliphatic carboxylic acids is 3. The van der Waals surface area contributed by atoms with Crippen molar-refractivity contribution in [2.45, 2.75) is 72.1 Å². The number of carbonyl (C=O) groups excluding carboxylic acids is 3. The SMILES string of the molecule is C=Cc1c(C)c2cc3nc(c(CC(=O)[O-])c4nc(cc5[nH]c(cc1[nH]2)c(C)c5CC)C(C)=C4C(=O)[O-])[C@@H](CCC(=O)[O-])[C@@H]3C.[Na+].[Na+].[Na+]. The average Bonchev–Trinajstić information content (AvgIpc) is 3.63. The minimum Gasteiger partial charge on any atom is -0.550 e. The molecule has 3 aromatic rings. The maximum absolute atomic E-state index is 12.5. The molecule has 0 fully saturated rings. The summed E-state index contributed by atoms with van der Waals surface area (Å²) in [6.07, 6.45) is 1.59. The number of H-pyrrole nitrogens is 2. The quantitative estimate of drug-likeness (QED) is 0.224. The van der Waals surface area contributed by atoms with Crippen molar-refractivity contribution in [2.75, 3.05) is 0 Å². The predicted octanol–water partition coefficient (Wildman–Crippen LogP) is -6.46. The first-order valence-corrected chi connectivity index (χ1v) is 14.6. The average molecular weight is 663 g/mol. The van der Waals surface area contributed by atoms with Crippen LogP contribution in [0.25, 0.3) is 39.3 Å². The zero-order valence-electron chi connectivity index (χ0n) is 28.3. The third kappa shape index (κ3) is 7.92. The van der Waals surface area contributed by atoms with E-state index in [0.29, 0.717) is 23.4 Å². The van der Waals surface area contributed by atoms with E-state index in [1.54, 1.807) is 19.1 Å². The Morgan fingerprint density at radius 2 is 1.51 bits per heavy atom. The van der Waals surface area contributed by atoms with Gasteiger partial charge in [0.05, 0.1) is 23.1 Å². The Balaban J connectivity index is 0.00000256. The molecule has 228 valence electrons. The number of hydrogen-bond acceptors (Lipinski definition) is 8. The van der Waals surface area contributed by atoms with Crippen LogP contribution in [0.3, 0.4) is 0 Å². The minimum atomic E-state index is -1.51. The largest absolute Gasteiger partial charge is 1.00 e. The molecule has 0 aromatic carbocycles. The van der Waals surface area contributed by atoms with Gasteiger partial charge in [-0.25, -0.2) is 4.98 Å². The summed E-state index contributed by atoms with van der Waals surface area (Å²) in [6.45, 7) is 13.5. The van der Waals surface area contributed by atoms with Crippen LogP contribution in [-0.4, -0.2) is 37.8 Å². The van der Waals surface area contributed by atoms with Crippen molar-refractivity contribution in [1.29, 1.82) is 0 Å². The molecule has 13 heteroatoms. The van der Waals surface area contributed by atoms with Crippen LogP contribution < -0.4 is 104 Å². The Bertz CT molecular complexity index is 1960. The molecule has 0 aliphatic carbocycles. The molecule has 0 amide bonds. The van der Waals surface area contributed by atoms with Crippen LogP contribution in [0.1, 0.15) is 96.0 Å². The number of carbonyl (C=O) groups is 3.